The Balaban J connectivity index is 1.57. The van der Waals surface area contributed by atoms with Crippen LogP contribution in [0.3, 0.4) is 0 Å². The number of aromatic nitrogens is 3. The highest BCUT2D eigenvalue weighted by molar-refractivity contribution is 7.99. The summed E-state index contributed by atoms with van der Waals surface area (Å²) in [6.45, 7) is 6.09. The SMILES string of the molecule is CCc1ccc(NC(=O)CSc2nc3c(sc(=S)n3-c3ccccc3C)c(=O)n2-c2ccc(C)cc2)cc1. The van der Waals surface area contributed by atoms with Crippen LogP contribution in [0.2, 0.25) is 0 Å². The molecule has 192 valence electrons. The van der Waals surface area contributed by atoms with Crippen LogP contribution >= 0.6 is 35.3 Å². The Bertz CT molecular complexity index is 1750. The van der Waals surface area contributed by atoms with Crippen LogP contribution in [0.25, 0.3) is 21.7 Å². The molecular formula is C29H26N4O2S3. The summed E-state index contributed by atoms with van der Waals surface area (Å²) in [5.41, 5.74) is 5.91. The molecule has 2 heterocycles. The van der Waals surface area contributed by atoms with Crippen molar-refractivity contribution in [2.24, 2.45) is 0 Å². The molecule has 0 aliphatic rings. The number of hydrogen-bond donors (Lipinski definition) is 1. The van der Waals surface area contributed by atoms with Crippen LogP contribution in [-0.4, -0.2) is 25.8 Å². The molecule has 1 N–H and O–H groups in total. The predicted octanol–water partition coefficient (Wildman–Crippen LogP) is 6.88. The lowest BCUT2D eigenvalue weighted by Crippen LogP contribution is -2.23. The molecule has 0 aliphatic carbocycles. The highest BCUT2D eigenvalue weighted by atomic mass is 32.2. The summed E-state index contributed by atoms with van der Waals surface area (Å²) in [6.07, 6.45) is 0.936. The lowest BCUT2D eigenvalue weighted by Gasteiger charge is -2.14. The topological polar surface area (TPSA) is 68.9 Å². The Labute approximate surface area is 234 Å². The predicted molar refractivity (Wildman–Crippen MR) is 160 cm³/mol. The first-order valence-corrected chi connectivity index (χ1v) is 14.4. The largest absolute Gasteiger partial charge is 0.325 e. The van der Waals surface area contributed by atoms with Gasteiger partial charge in [0.15, 0.2) is 14.8 Å². The zero-order chi connectivity index (χ0) is 26.8. The fourth-order valence-electron chi connectivity index (χ4n) is 4.13. The molecule has 1 amide bonds. The molecule has 0 unspecified atom stereocenters. The third kappa shape index (κ3) is 5.22. The number of thioether (sulfide) groups is 1. The van der Waals surface area contributed by atoms with Gasteiger partial charge in [0.05, 0.1) is 17.1 Å². The molecule has 6 nitrogen and oxygen atoms in total. The van der Waals surface area contributed by atoms with Gasteiger partial charge < -0.3 is 5.32 Å². The average Bonchev–Trinajstić information content (AvgIpc) is 3.25. The zero-order valence-electron chi connectivity index (χ0n) is 21.2. The summed E-state index contributed by atoms with van der Waals surface area (Å²) in [6, 6.07) is 23.4. The molecule has 0 bridgehead atoms. The van der Waals surface area contributed by atoms with Crippen LogP contribution in [-0.2, 0) is 11.2 Å². The van der Waals surface area contributed by atoms with Crippen LogP contribution in [0, 0.1) is 17.8 Å². The second-order valence-electron chi connectivity index (χ2n) is 8.90. The Hall–Kier alpha value is -3.53. The van der Waals surface area contributed by atoms with Crippen molar-refractivity contribution in [3.63, 3.8) is 0 Å². The van der Waals surface area contributed by atoms with Crippen LogP contribution in [0.5, 0.6) is 0 Å². The molecule has 0 radical (unpaired) electrons. The second-order valence-corrected chi connectivity index (χ2v) is 11.5. The Morgan fingerprint density at radius 3 is 2.39 bits per heavy atom. The third-order valence-electron chi connectivity index (χ3n) is 6.20. The van der Waals surface area contributed by atoms with E-state index in [-0.39, 0.29) is 17.2 Å². The molecule has 0 saturated carbocycles. The zero-order valence-corrected chi connectivity index (χ0v) is 23.7. The number of thiazole rings is 1. The van der Waals surface area contributed by atoms with Crippen LogP contribution in [0.1, 0.15) is 23.6 Å². The van der Waals surface area contributed by atoms with Crippen molar-refractivity contribution < 1.29 is 4.79 Å². The van der Waals surface area contributed by atoms with E-state index in [1.165, 1.54) is 28.7 Å². The van der Waals surface area contributed by atoms with Gasteiger partial charge >= 0.3 is 0 Å². The van der Waals surface area contributed by atoms with Crippen molar-refractivity contribution in [1.82, 2.24) is 14.1 Å². The summed E-state index contributed by atoms with van der Waals surface area (Å²) in [7, 11) is 0. The maximum absolute atomic E-state index is 13.9. The first-order valence-electron chi connectivity index (χ1n) is 12.2. The average molecular weight is 559 g/mol. The van der Waals surface area contributed by atoms with Gasteiger partial charge in [-0.05, 0) is 73.9 Å². The first kappa shape index (κ1) is 26.1. The number of benzene rings is 3. The Kier molecular flexibility index (Phi) is 7.60. The molecule has 0 spiro atoms. The van der Waals surface area contributed by atoms with E-state index in [0.717, 1.165) is 28.9 Å². The van der Waals surface area contributed by atoms with Gasteiger partial charge in [0.2, 0.25) is 5.91 Å². The van der Waals surface area contributed by atoms with Gasteiger partial charge in [0.25, 0.3) is 5.56 Å². The van der Waals surface area contributed by atoms with Crippen molar-refractivity contribution in [2.45, 2.75) is 32.3 Å². The van der Waals surface area contributed by atoms with Gasteiger partial charge in [-0.3, -0.25) is 18.7 Å². The third-order valence-corrected chi connectivity index (χ3v) is 8.49. The minimum absolute atomic E-state index is 0.0918. The molecule has 2 aromatic heterocycles. The first-order chi connectivity index (χ1) is 18.4. The van der Waals surface area contributed by atoms with Crippen LogP contribution < -0.4 is 10.9 Å². The number of aryl methyl sites for hydroxylation is 3. The number of hydrogen-bond acceptors (Lipinski definition) is 6. The van der Waals surface area contributed by atoms with E-state index in [2.05, 4.69) is 12.2 Å². The van der Waals surface area contributed by atoms with E-state index < -0.39 is 0 Å². The summed E-state index contributed by atoms with van der Waals surface area (Å²) in [5.74, 6) is -0.0840. The minimum atomic E-state index is -0.208. The van der Waals surface area contributed by atoms with Crippen molar-refractivity contribution >= 4 is 57.3 Å². The quantitative estimate of drug-likeness (QED) is 0.134. The standard InChI is InChI=1S/C29H26N4O2S3/c1-4-20-11-13-21(14-12-20)30-24(34)17-37-28-31-26-25(27(35)32(28)22-15-9-18(2)10-16-22)38-29(36)33(26)23-8-6-5-7-19(23)3/h5-16H,4,17H2,1-3H3,(H,30,34). The van der Waals surface area contributed by atoms with E-state index >= 15 is 0 Å². The molecule has 0 aliphatic heterocycles. The number of carbonyl (C=O) groups is 1. The van der Waals surface area contributed by atoms with E-state index in [0.29, 0.717) is 25.1 Å². The molecule has 0 fully saturated rings. The van der Waals surface area contributed by atoms with E-state index in [1.54, 1.807) is 4.57 Å². The molecule has 5 rings (SSSR count). The van der Waals surface area contributed by atoms with Crippen molar-refractivity contribution in [2.75, 3.05) is 11.1 Å². The molecule has 9 heteroatoms. The van der Waals surface area contributed by atoms with Gasteiger partial charge in [0.1, 0.15) is 4.70 Å². The molecule has 38 heavy (non-hydrogen) atoms. The Morgan fingerprint density at radius 2 is 1.71 bits per heavy atom. The van der Waals surface area contributed by atoms with Crippen LogP contribution in [0.4, 0.5) is 5.69 Å². The van der Waals surface area contributed by atoms with E-state index in [4.69, 9.17) is 17.2 Å². The van der Waals surface area contributed by atoms with Crippen LogP contribution in [0.15, 0.2) is 82.7 Å². The highest BCUT2D eigenvalue weighted by Crippen LogP contribution is 2.28. The number of nitrogens with one attached hydrogen (secondary N) is 1. The smallest absolute Gasteiger partial charge is 0.278 e. The lowest BCUT2D eigenvalue weighted by atomic mass is 10.1. The number of anilines is 1. The maximum atomic E-state index is 13.9. The molecule has 0 saturated heterocycles. The number of rotatable bonds is 7. The number of carbonyl (C=O) groups excluding carboxylic acids is 1. The van der Waals surface area contributed by atoms with Gasteiger partial charge in [-0.2, -0.15) is 0 Å². The summed E-state index contributed by atoms with van der Waals surface area (Å²) in [5, 5.41) is 3.36. The monoisotopic (exact) mass is 558 g/mol. The fraction of sp³-hybridized carbons (Fsp3) is 0.172. The van der Waals surface area contributed by atoms with Gasteiger partial charge in [0, 0.05) is 5.69 Å². The minimum Gasteiger partial charge on any atom is -0.325 e. The lowest BCUT2D eigenvalue weighted by molar-refractivity contribution is -0.113. The number of para-hydroxylation sites is 1. The molecule has 0 atom stereocenters. The van der Waals surface area contributed by atoms with Gasteiger partial charge in [-0.15, -0.1) is 0 Å². The summed E-state index contributed by atoms with van der Waals surface area (Å²) in [4.78, 5) is 31.7. The maximum Gasteiger partial charge on any atom is 0.278 e. The molecular weight excluding hydrogens is 533 g/mol. The summed E-state index contributed by atoms with van der Waals surface area (Å²) < 4.78 is 4.45. The van der Waals surface area contributed by atoms with Crippen molar-refractivity contribution in [3.8, 4) is 11.4 Å². The van der Waals surface area contributed by atoms with Crippen molar-refractivity contribution in [3.05, 3.63) is 104 Å². The molecule has 5 aromatic rings. The van der Waals surface area contributed by atoms with E-state index in [9.17, 15) is 9.59 Å². The Morgan fingerprint density at radius 1 is 1.00 bits per heavy atom. The normalized spacial score (nSPS) is 11.1. The fourth-order valence-corrected chi connectivity index (χ4v) is 6.22. The number of nitrogens with zero attached hydrogens (tertiary/aromatic N) is 3. The summed E-state index contributed by atoms with van der Waals surface area (Å²) >= 11 is 8.17. The van der Waals surface area contributed by atoms with Gasteiger partial charge in [-0.25, -0.2) is 4.98 Å². The van der Waals surface area contributed by atoms with E-state index in [1.807, 2.05) is 91.2 Å². The number of amides is 1. The van der Waals surface area contributed by atoms with Crippen molar-refractivity contribution in [1.29, 1.82) is 0 Å². The second kappa shape index (κ2) is 11.1. The number of fused-ring (bicyclic) bond motifs is 1. The van der Waals surface area contributed by atoms with Gasteiger partial charge in [-0.1, -0.05) is 78.1 Å². The highest BCUT2D eigenvalue weighted by Gasteiger charge is 2.20. The molecule has 3 aromatic carbocycles.